The third-order valence-electron chi connectivity index (χ3n) is 2.68. The van der Waals surface area contributed by atoms with E-state index in [0.717, 1.165) is 4.90 Å². The Bertz CT molecular complexity index is 444. The minimum Gasteiger partial charge on any atom is -0.494 e. The first-order chi connectivity index (χ1) is 8.95. The van der Waals surface area contributed by atoms with Gasteiger partial charge in [0.1, 0.15) is 11.8 Å². The number of amides is 2. The average molecular weight is 266 g/mol. The quantitative estimate of drug-likeness (QED) is 0.854. The topological polar surface area (TPSA) is 78.9 Å². The van der Waals surface area contributed by atoms with Crippen molar-refractivity contribution in [1.82, 2.24) is 4.90 Å². The van der Waals surface area contributed by atoms with E-state index in [2.05, 4.69) is 5.32 Å². The summed E-state index contributed by atoms with van der Waals surface area (Å²) in [6.07, 6.45) is 0. The molecule has 1 unspecified atom stereocenters. The number of hydrogen-bond acceptors (Lipinski definition) is 3. The number of carbonyl (C=O) groups is 2. The molecular weight excluding hydrogens is 248 g/mol. The second-order valence-corrected chi connectivity index (χ2v) is 4.01. The lowest BCUT2D eigenvalue weighted by molar-refractivity contribution is -0.141. The van der Waals surface area contributed by atoms with Gasteiger partial charge in [-0.2, -0.15) is 0 Å². The third kappa shape index (κ3) is 4.17. The molecule has 1 rings (SSSR count). The lowest BCUT2D eigenvalue weighted by Gasteiger charge is -2.21. The van der Waals surface area contributed by atoms with Gasteiger partial charge in [-0.15, -0.1) is 0 Å². The van der Waals surface area contributed by atoms with Crippen molar-refractivity contribution in [2.75, 3.05) is 19.0 Å². The fraction of sp³-hybridized carbons (Fsp3) is 0.385. The summed E-state index contributed by atoms with van der Waals surface area (Å²) in [5, 5.41) is 11.4. The van der Waals surface area contributed by atoms with Crippen LogP contribution in [0.4, 0.5) is 10.5 Å². The standard InChI is InChI=1S/C13H18N2O4/c1-4-19-11-7-5-10(6-8-11)14-13(18)15(3)9(2)12(16)17/h5-9H,4H2,1-3H3,(H,14,18)(H,16,17). The highest BCUT2D eigenvalue weighted by atomic mass is 16.5. The monoisotopic (exact) mass is 266 g/mol. The van der Waals surface area contributed by atoms with E-state index in [1.54, 1.807) is 24.3 Å². The molecule has 6 nitrogen and oxygen atoms in total. The maximum atomic E-state index is 11.8. The smallest absolute Gasteiger partial charge is 0.326 e. The summed E-state index contributed by atoms with van der Waals surface area (Å²) in [6, 6.07) is 5.51. The summed E-state index contributed by atoms with van der Waals surface area (Å²) in [7, 11) is 1.43. The van der Waals surface area contributed by atoms with Crippen LogP contribution in [-0.4, -0.2) is 41.7 Å². The number of nitrogens with one attached hydrogen (secondary N) is 1. The molecule has 0 aliphatic rings. The Morgan fingerprint density at radius 3 is 2.42 bits per heavy atom. The Labute approximate surface area is 112 Å². The molecule has 0 aliphatic heterocycles. The number of rotatable bonds is 5. The van der Waals surface area contributed by atoms with Crippen molar-refractivity contribution in [1.29, 1.82) is 0 Å². The van der Waals surface area contributed by atoms with Gasteiger partial charge >= 0.3 is 12.0 Å². The Kier molecular flexibility index (Phi) is 5.17. The van der Waals surface area contributed by atoms with Crippen LogP contribution in [-0.2, 0) is 4.79 Å². The molecule has 0 heterocycles. The van der Waals surface area contributed by atoms with Crippen LogP contribution in [0.15, 0.2) is 24.3 Å². The van der Waals surface area contributed by atoms with E-state index in [1.165, 1.54) is 14.0 Å². The lowest BCUT2D eigenvalue weighted by atomic mass is 10.3. The van der Waals surface area contributed by atoms with Crippen LogP contribution in [0.2, 0.25) is 0 Å². The molecule has 0 bridgehead atoms. The van der Waals surface area contributed by atoms with E-state index < -0.39 is 18.0 Å². The maximum Gasteiger partial charge on any atom is 0.326 e. The van der Waals surface area contributed by atoms with Crippen molar-refractivity contribution < 1.29 is 19.4 Å². The van der Waals surface area contributed by atoms with Crippen LogP contribution < -0.4 is 10.1 Å². The highest BCUT2D eigenvalue weighted by Crippen LogP contribution is 2.16. The SMILES string of the molecule is CCOc1ccc(NC(=O)N(C)C(C)C(=O)O)cc1. The zero-order valence-electron chi connectivity index (χ0n) is 11.2. The molecule has 0 saturated heterocycles. The first-order valence-corrected chi connectivity index (χ1v) is 5.95. The van der Waals surface area contributed by atoms with E-state index in [9.17, 15) is 9.59 Å². The number of carboxylic acid groups (broad SMARTS) is 1. The molecule has 0 radical (unpaired) electrons. The van der Waals surface area contributed by atoms with Crippen LogP contribution in [0.3, 0.4) is 0 Å². The minimum atomic E-state index is -1.05. The lowest BCUT2D eigenvalue weighted by Crippen LogP contribution is -2.42. The molecule has 0 saturated carbocycles. The van der Waals surface area contributed by atoms with Crippen LogP contribution in [0, 0.1) is 0 Å². The fourth-order valence-corrected chi connectivity index (χ4v) is 1.35. The van der Waals surface area contributed by atoms with Crippen LogP contribution in [0.1, 0.15) is 13.8 Å². The van der Waals surface area contributed by atoms with Gasteiger partial charge < -0.3 is 20.1 Å². The van der Waals surface area contributed by atoms with Gasteiger partial charge in [-0.25, -0.2) is 9.59 Å². The highest BCUT2D eigenvalue weighted by molar-refractivity contribution is 5.92. The van der Waals surface area contributed by atoms with Gasteiger partial charge in [0.2, 0.25) is 0 Å². The van der Waals surface area contributed by atoms with Crippen molar-refractivity contribution in [3.8, 4) is 5.75 Å². The second-order valence-electron chi connectivity index (χ2n) is 4.01. The molecule has 2 N–H and O–H groups in total. The first kappa shape index (κ1) is 14.8. The molecule has 0 aliphatic carbocycles. The average Bonchev–Trinajstić information content (AvgIpc) is 2.39. The highest BCUT2D eigenvalue weighted by Gasteiger charge is 2.21. The summed E-state index contributed by atoms with van der Waals surface area (Å²) in [5.41, 5.74) is 0.581. The van der Waals surface area contributed by atoms with Gasteiger partial charge in [0.05, 0.1) is 6.61 Å². The van der Waals surface area contributed by atoms with Crippen molar-refractivity contribution >= 4 is 17.7 Å². The summed E-state index contributed by atoms with van der Waals surface area (Å²) in [5.74, 6) is -0.336. The number of anilines is 1. The van der Waals surface area contributed by atoms with Crippen molar-refractivity contribution in [2.45, 2.75) is 19.9 Å². The van der Waals surface area contributed by atoms with Gasteiger partial charge in [-0.05, 0) is 38.1 Å². The van der Waals surface area contributed by atoms with E-state index in [1.807, 2.05) is 6.92 Å². The molecule has 0 fully saturated rings. The molecule has 1 aromatic rings. The van der Waals surface area contributed by atoms with Gasteiger partial charge in [-0.1, -0.05) is 0 Å². The normalized spacial score (nSPS) is 11.5. The van der Waals surface area contributed by atoms with Gasteiger partial charge in [-0.3, -0.25) is 0 Å². The Hall–Kier alpha value is -2.24. The fourth-order valence-electron chi connectivity index (χ4n) is 1.35. The Balaban J connectivity index is 2.63. The van der Waals surface area contributed by atoms with E-state index in [0.29, 0.717) is 18.0 Å². The third-order valence-corrected chi connectivity index (χ3v) is 2.68. The van der Waals surface area contributed by atoms with Crippen LogP contribution >= 0.6 is 0 Å². The Morgan fingerprint density at radius 2 is 1.95 bits per heavy atom. The Morgan fingerprint density at radius 1 is 1.37 bits per heavy atom. The predicted octanol–water partition coefficient (Wildman–Crippen LogP) is 2.02. The summed E-state index contributed by atoms with van der Waals surface area (Å²) >= 11 is 0. The number of carbonyl (C=O) groups excluding carboxylic acids is 1. The number of nitrogens with zero attached hydrogens (tertiary/aromatic N) is 1. The molecule has 2 amide bonds. The van der Waals surface area contributed by atoms with Gasteiger partial charge in [0, 0.05) is 12.7 Å². The minimum absolute atomic E-state index is 0.473. The maximum absolute atomic E-state index is 11.8. The number of aliphatic carboxylic acids is 1. The van der Waals surface area contributed by atoms with Crippen molar-refractivity contribution in [2.24, 2.45) is 0 Å². The first-order valence-electron chi connectivity index (χ1n) is 5.95. The summed E-state index contributed by atoms with van der Waals surface area (Å²) < 4.78 is 5.28. The molecule has 0 spiro atoms. The molecule has 6 heteroatoms. The van der Waals surface area contributed by atoms with Gasteiger partial charge in [0.25, 0.3) is 0 Å². The molecule has 104 valence electrons. The van der Waals surface area contributed by atoms with Crippen LogP contribution in [0.5, 0.6) is 5.75 Å². The summed E-state index contributed by atoms with van der Waals surface area (Å²) in [4.78, 5) is 23.7. The number of likely N-dealkylation sites (N-methyl/N-ethyl adjacent to an activating group) is 1. The zero-order chi connectivity index (χ0) is 14.4. The van der Waals surface area contributed by atoms with E-state index in [-0.39, 0.29) is 0 Å². The largest absolute Gasteiger partial charge is 0.494 e. The molecule has 1 atom stereocenters. The molecule has 19 heavy (non-hydrogen) atoms. The van der Waals surface area contributed by atoms with E-state index in [4.69, 9.17) is 9.84 Å². The number of benzene rings is 1. The van der Waals surface area contributed by atoms with Crippen molar-refractivity contribution in [3.63, 3.8) is 0 Å². The van der Waals surface area contributed by atoms with E-state index >= 15 is 0 Å². The molecule has 1 aromatic carbocycles. The van der Waals surface area contributed by atoms with Crippen LogP contribution in [0.25, 0.3) is 0 Å². The van der Waals surface area contributed by atoms with Crippen molar-refractivity contribution in [3.05, 3.63) is 24.3 Å². The second kappa shape index (κ2) is 6.63. The number of carboxylic acids is 1. The number of hydrogen-bond donors (Lipinski definition) is 2. The number of urea groups is 1. The predicted molar refractivity (Wildman–Crippen MR) is 71.5 cm³/mol. The molecule has 0 aromatic heterocycles. The van der Waals surface area contributed by atoms with Gasteiger partial charge in [0.15, 0.2) is 0 Å². The molecular formula is C13H18N2O4. The number of ether oxygens (including phenoxy) is 1. The zero-order valence-corrected chi connectivity index (χ0v) is 11.2. The summed E-state index contributed by atoms with van der Waals surface area (Å²) in [6.45, 7) is 3.91.